The first-order valence-electron chi connectivity index (χ1n) is 6.41. The van der Waals surface area contributed by atoms with Crippen molar-refractivity contribution in [1.82, 2.24) is 4.90 Å². The van der Waals surface area contributed by atoms with Crippen LogP contribution in [0, 0.1) is 11.6 Å². The molecule has 0 aliphatic carbocycles. The van der Waals surface area contributed by atoms with Gasteiger partial charge in [0.2, 0.25) is 0 Å². The fourth-order valence-electron chi connectivity index (χ4n) is 1.79. The normalized spacial score (nSPS) is 12.8. The van der Waals surface area contributed by atoms with Crippen molar-refractivity contribution in [3.05, 3.63) is 29.3 Å². The maximum atomic E-state index is 13.7. The largest absolute Gasteiger partial charge is 0.488 e. The van der Waals surface area contributed by atoms with Crippen molar-refractivity contribution in [1.29, 1.82) is 0 Å². The molecule has 3 nitrogen and oxygen atoms in total. The van der Waals surface area contributed by atoms with Gasteiger partial charge in [-0.05, 0) is 51.6 Å². The molecule has 1 unspecified atom stereocenters. The van der Waals surface area contributed by atoms with E-state index in [1.165, 1.54) is 12.1 Å². The van der Waals surface area contributed by atoms with Crippen molar-refractivity contribution in [3.63, 3.8) is 0 Å². The summed E-state index contributed by atoms with van der Waals surface area (Å²) in [4.78, 5) is 1.99. The van der Waals surface area contributed by atoms with Crippen LogP contribution >= 0.6 is 0 Å². The van der Waals surface area contributed by atoms with Gasteiger partial charge in [0.25, 0.3) is 0 Å². The van der Waals surface area contributed by atoms with E-state index in [1.807, 2.05) is 19.0 Å². The highest BCUT2D eigenvalue weighted by molar-refractivity contribution is 5.31. The predicted octanol–water partition coefficient (Wildman–Crippen LogP) is 2.19. The molecule has 0 fully saturated rings. The predicted molar refractivity (Wildman–Crippen MR) is 72.4 cm³/mol. The number of benzene rings is 1. The molecule has 0 amide bonds. The third-order valence-corrected chi connectivity index (χ3v) is 2.61. The smallest absolute Gasteiger partial charge is 0.190 e. The summed E-state index contributed by atoms with van der Waals surface area (Å²) >= 11 is 0. The van der Waals surface area contributed by atoms with E-state index in [2.05, 4.69) is 0 Å². The summed E-state index contributed by atoms with van der Waals surface area (Å²) in [6.45, 7) is 2.89. The molecule has 0 aromatic heterocycles. The standard InChI is InChI=1S/C14H22F2N2O/c1-10(17)7-11-8-12(15)14(13(16)9-11)19-6-4-5-18(2)3/h8-10H,4-7,17H2,1-3H3. The molecule has 108 valence electrons. The van der Waals surface area contributed by atoms with Gasteiger partial charge >= 0.3 is 0 Å². The van der Waals surface area contributed by atoms with Gasteiger partial charge in [0.05, 0.1) is 6.61 Å². The van der Waals surface area contributed by atoms with E-state index < -0.39 is 11.6 Å². The highest BCUT2D eigenvalue weighted by Gasteiger charge is 2.13. The van der Waals surface area contributed by atoms with Crippen molar-refractivity contribution >= 4 is 0 Å². The van der Waals surface area contributed by atoms with Crippen LogP contribution in [0.25, 0.3) is 0 Å². The molecular formula is C14H22F2N2O. The van der Waals surface area contributed by atoms with Gasteiger partial charge in [-0.1, -0.05) is 0 Å². The first kappa shape index (κ1) is 15.9. The molecule has 1 aromatic rings. The Hall–Kier alpha value is -1.20. The molecule has 0 aliphatic rings. The Labute approximate surface area is 113 Å². The number of ether oxygens (including phenoxy) is 1. The Balaban J connectivity index is 2.63. The SMILES string of the molecule is CC(N)Cc1cc(F)c(OCCCN(C)C)c(F)c1. The fraction of sp³-hybridized carbons (Fsp3) is 0.571. The molecule has 1 atom stereocenters. The van der Waals surface area contributed by atoms with Gasteiger partial charge in [-0.15, -0.1) is 0 Å². The minimum Gasteiger partial charge on any atom is -0.488 e. The van der Waals surface area contributed by atoms with E-state index in [9.17, 15) is 8.78 Å². The lowest BCUT2D eigenvalue weighted by Gasteiger charge is -2.13. The van der Waals surface area contributed by atoms with Gasteiger partial charge in [0.1, 0.15) is 0 Å². The van der Waals surface area contributed by atoms with E-state index in [0.29, 0.717) is 25.0 Å². The molecule has 0 spiro atoms. The Bertz CT molecular complexity index is 385. The lowest BCUT2D eigenvalue weighted by molar-refractivity contribution is 0.259. The van der Waals surface area contributed by atoms with E-state index >= 15 is 0 Å². The van der Waals surface area contributed by atoms with Crippen molar-refractivity contribution in [2.24, 2.45) is 5.73 Å². The lowest BCUT2D eigenvalue weighted by Crippen LogP contribution is -2.18. The summed E-state index contributed by atoms with van der Waals surface area (Å²) in [6.07, 6.45) is 1.15. The van der Waals surface area contributed by atoms with Gasteiger partial charge < -0.3 is 15.4 Å². The number of halogens is 2. The molecule has 0 saturated carbocycles. The first-order chi connectivity index (χ1) is 8.90. The molecule has 1 aromatic carbocycles. The zero-order valence-corrected chi connectivity index (χ0v) is 11.7. The fourth-order valence-corrected chi connectivity index (χ4v) is 1.79. The summed E-state index contributed by atoms with van der Waals surface area (Å²) in [6, 6.07) is 2.44. The zero-order chi connectivity index (χ0) is 14.4. The number of hydrogen-bond donors (Lipinski definition) is 1. The quantitative estimate of drug-likeness (QED) is 0.773. The van der Waals surface area contributed by atoms with Crippen LogP contribution in [0.2, 0.25) is 0 Å². The van der Waals surface area contributed by atoms with E-state index in [1.54, 1.807) is 6.92 Å². The van der Waals surface area contributed by atoms with Crippen molar-refractivity contribution < 1.29 is 13.5 Å². The Morgan fingerprint density at radius 3 is 2.32 bits per heavy atom. The third kappa shape index (κ3) is 5.53. The lowest BCUT2D eigenvalue weighted by atomic mass is 10.1. The van der Waals surface area contributed by atoms with Crippen LogP contribution < -0.4 is 10.5 Å². The second-order valence-electron chi connectivity index (χ2n) is 5.08. The summed E-state index contributed by atoms with van der Waals surface area (Å²) in [7, 11) is 3.87. The van der Waals surface area contributed by atoms with E-state index in [-0.39, 0.29) is 11.8 Å². The number of rotatable bonds is 7. The van der Waals surface area contributed by atoms with Crippen LogP contribution in [0.4, 0.5) is 8.78 Å². The third-order valence-electron chi connectivity index (χ3n) is 2.61. The van der Waals surface area contributed by atoms with Crippen LogP contribution in [0.3, 0.4) is 0 Å². The van der Waals surface area contributed by atoms with Crippen LogP contribution in [-0.2, 0) is 6.42 Å². The van der Waals surface area contributed by atoms with Crippen molar-refractivity contribution in [2.45, 2.75) is 25.8 Å². The second kappa shape index (κ2) is 7.40. The molecule has 0 heterocycles. The van der Waals surface area contributed by atoms with Crippen molar-refractivity contribution in [2.75, 3.05) is 27.2 Å². The minimum atomic E-state index is -0.666. The molecular weight excluding hydrogens is 250 g/mol. The number of nitrogens with zero attached hydrogens (tertiary/aromatic N) is 1. The van der Waals surface area contributed by atoms with Gasteiger partial charge in [-0.3, -0.25) is 0 Å². The number of nitrogens with two attached hydrogens (primary N) is 1. The zero-order valence-electron chi connectivity index (χ0n) is 11.7. The molecule has 2 N–H and O–H groups in total. The minimum absolute atomic E-state index is 0.134. The van der Waals surface area contributed by atoms with Crippen LogP contribution in [0.15, 0.2) is 12.1 Å². The highest BCUT2D eigenvalue weighted by Crippen LogP contribution is 2.24. The molecule has 5 heteroatoms. The van der Waals surface area contributed by atoms with Gasteiger partial charge in [0.15, 0.2) is 17.4 Å². The Morgan fingerprint density at radius 2 is 1.84 bits per heavy atom. The summed E-state index contributed by atoms with van der Waals surface area (Å²) in [5.74, 6) is -1.63. The van der Waals surface area contributed by atoms with Crippen LogP contribution in [0.5, 0.6) is 5.75 Å². The molecule has 1 rings (SSSR count). The summed E-state index contributed by atoms with van der Waals surface area (Å²) in [5, 5.41) is 0. The van der Waals surface area contributed by atoms with Crippen LogP contribution in [0.1, 0.15) is 18.9 Å². The molecule has 0 aliphatic heterocycles. The maximum Gasteiger partial charge on any atom is 0.190 e. The molecule has 19 heavy (non-hydrogen) atoms. The molecule has 0 saturated heterocycles. The van der Waals surface area contributed by atoms with Gasteiger partial charge in [-0.2, -0.15) is 0 Å². The van der Waals surface area contributed by atoms with E-state index in [0.717, 1.165) is 6.54 Å². The molecule has 0 bridgehead atoms. The molecule has 0 radical (unpaired) electrons. The highest BCUT2D eigenvalue weighted by atomic mass is 19.1. The monoisotopic (exact) mass is 272 g/mol. The summed E-state index contributed by atoms with van der Waals surface area (Å²) < 4.78 is 32.6. The second-order valence-corrected chi connectivity index (χ2v) is 5.08. The topological polar surface area (TPSA) is 38.5 Å². The average molecular weight is 272 g/mol. The maximum absolute atomic E-state index is 13.7. The van der Waals surface area contributed by atoms with Gasteiger partial charge in [0, 0.05) is 12.6 Å². The Morgan fingerprint density at radius 1 is 1.26 bits per heavy atom. The number of hydrogen-bond acceptors (Lipinski definition) is 3. The van der Waals surface area contributed by atoms with Crippen molar-refractivity contribution in [3.8, 4) is 5.75 Å². The first-order valence-corrected chi connectivity index (χ1v) is 6.41. The Kier molecular flexibility index (Phi) is 6.18. The average Bonchev–Trinajstić information content (AvgIpc) is 2.25. The van der Waals surface area contributed by atoms with Crippen LogP contribution in [-0.4, -0.2) is 38.2 Å². The van der Waals surface area contributed by atoms with E-state index in [4.69, 9.17) is 10.5 Å². The summed E-state index contributed by atoms with van der Waals surface area (Å²) in [5.41, 5.74) is 6.16. The van der Waals surface area contributed by atoms with Gasteiger partial charge in [-0.25, -0.2) is 8.78 Å².